The van der Waals surface area contributed by atoms with Gasteiger partial charge < -0.3 is 4.42 Å². The van der Waals surface area contributed by atoms with E-state index in [1.54, 1.807) is 11.3 Å². The minimum absolute atomic E-state index is 0.696. The Morgan fingerprint density at radius 1 is 1.05 bits per heavy atom. The van der Waals surface area contributed by atoms with Gasteiger partial charge in [-0.25, -0.2) is 9.97 Å². The van der Waals surface area contributed by atoms with E-state index in [2.05, 4.69) is 28.2 Å². The summed E-state index contributed by atoms with van der Waals surface area (Å²) in [6.07, 6.45) is 0.696. The molecule has 0 unspecified atom stereocenters. The molecule has 0 amide bonds. The molecule has 0 radical (unpaired) electrons. The van der Waals surface area contributed by atoms with Crippen molar-refractivity contribution in [3.8, 4) is 0 Å². The first kappa shape index (κ1) is 11.6. The average Bonchev–Trinajstić information content (AvgIpc) is 2.99. The van der Waals surface area contributed by atoms with Gasteiger partial charge in [-0.05, 0) is 36.8 Å². The molecule has 0 aliphatic rings. The highest BCUT2D eigenvalue weighted by atomic mass is 32.1. The van der Waals surface area contributed by atoms with Crippen molar-refractivity contribution in [2.45, 2.75) is 13.3 Å². The number of fused-ring (bicyclic) bond motifs is 2. The predicted octanol–water partition coefficient (Wildman–Crippen LogP) is 4.34. The maximum atomic E-state index is 5.76. The summed E-state index contributed by atoms with van der Waals surface area (Å²) < 4.78 is 6.99. The quantitative estimate of drug-likeness (QED) is 0.548. The van der Waals surface area contributed by atoms with Crippen molar-refractivity contribution in [1.29, 1.82) is 0 Å². The normalized spacial score (nSPS) is 11.4. The van der Waals surface area contributed by atoms with Crippen molar-refractivity contribution in [3.05, 3.63) is 58.9 Å². The average molecular weight is 280 g/mol. The molecule has 0 aliphatic carbocycles. The zero-order valence-corrected chi connectivity index (χ0v) is 11.8. The predicted molar refractivity (Wildman–Crippen MR) is 81.2 cm³/mol. The van der Waals surface area contributed by atoms with Crippen molar-refractivity contribution in [2.75, 3.05) is 0 Å². The van der Waals surface area contributed by atoms with E-state index in [1.807, 2.05) is 31.2 Å². The molecule has 2 aromatic carbocycles. The molecule has 20 heavy (non-hydrogen) atoms. The van der Waals surface area contributed by atoms with Gasteiger partial charge in [-0.1, -0.05) is 18.2 Å². The lowest BCUT2D eigenvalue weighted by Crippen LogP contribution is -1.87. The summed E-state index contributed by atoms with van der Waals surface area (Å²) in [5, 5.41) is 1.10. The fourth-order valence-electron chi connectivity index (χ4n) is 2.37. The van der Waals surface area contributed by atoms with Gasteiger partial charge in [0.2, 0.25) is 0 Å². The van der Waals surface area contributed by atoms with E-state index in [-0.39, 0.29) is 0 Å². The van der Waals surface area contributed by atoms with Crippen LogP contribution in [0.15, 0.2) is 46.9 Å². The summed E-state index contributed by atoms with van der Waals surface area (Å²) in [5.74, 6) is 0.748. The molecule has 0 bridgehead atoms. The van der Waals surface area contributed by atoms with Crippen LogP contribution in [0.5, 0.6) is 0 Å². The molecule has 2 heterocycles. The van der Waals surface area contributed by atoms with Crippen LogP contribution in [0, 0.1) is 6.92 Å². The molecule has 0 aliphatic heterocycles. The van der Waals surface area contributed by atoms with Gasteiger partial charge >= 0.3 is 0 Å². The van der Waals surface area contributed by atoms with E-state index in [4.69, 9.17) is 4.42 Å². The Morgan fingerprint density at radius 2 is 1.95 bits per heavy atom. The van der Waals surface area contributed by atoms with Crippen LogP contribution in [-0.4, -0.2) is 9.97 Å². The third-order valence-electron chi connectivity index (χ3n) is 3.25. The van der Waals surface area contributed by atoms with Gasteiger partial charge in [0, 0.05) is 6.42 Å². The lowest BCUT2D eigenvalue weighted by Gasteiger charge is -1.96. The monoisotopic (exact) mass is 280 g/mol. The van der Waals surface area contributed by atoms with Gasteiger partial charge in [-0.2, -0.15) is 0 Å². The van der Waals surface area contributed by atoms with Crippen LogP contribution in [-0.2, 0) is 6.42 Å². The van der Waals surface area contributed by atoms with E-state index in [0.717, 1.165) is 27.5 Å². The van der Waals surface area contributed by atoms with E-state index in [0.29, 0.717) is 6.42 Å². The van der Waals surface area contributed by atoms with Crippen LogP contribution in [0.25, 0.3) is 21.3 Å². The summed E-state index contributed by atoms with van der Waals surface area (Å²) in [6.45, 7) is 2.03. The maximum Gasteiger partial charge on any atom is 0.199 e. The number of nitrogens with zero attached hydrogens (tertiary/aromatic N) is 2. The number of benzene rings is 2. The second-order valence-electron chi connectivity index (χ2n) is 4.79. The maximum absolute atomic E-state index is 5.76. The first-order valence-corrected chi connectivity index (χ1v) is 7.30. The van der Waals surface area contributed by atoms with Crippen molar-refractivity contribution in [2.24, 2.45) is 0 Å². The molecule has 3 nitrogen and oxygen atoms in total. The van der Waals surface area contributed by atoms with Crippen molar-refractivity contribution < 1.29 is 4.42 Å². The Bertz CT molecular complexity index is 874. The highest BCUT2D eigenvalue weighted by molar-refractivity contribution is 7.18. The van der Waals surface area contributed by atoms with Crippen LogP contribution in [0.3, 0.4) is 0 Å². The first-order chi connectivity index (χ1) is 9.78. The number of aryl methyl sites for hydroxylation is 1. The lowest BCUT2D eigenvalue weighted by molar-refractivity contribution is 0.544. The van der Waals surface area contributed by atoms with Crippen molar-refractivity contribution in [1.82, 2.24) is 9.97 Å². The van der Waals surface area contributed by atoms with Crippen molar-refractivity contribution >= 4 is 32.7 Å². The van der Waals surface area contributed by atoms with Gasteiger partial charge in [0.25, 0.3) is 0 Å². The molecule has 0 saturated heterocycles. The van der Waals surface area contributed by atoms with E-state index < -0.39 is 0 Å². The molecule has 0 spiro atoms. The standard InChI is InChI=1S/C16H12N2OS/c1-10-17-13-8-11(6-7-15(13)20-10)9-16-18-12-4-2-3-5-14(12)19-16/h2-8H,9H2,1H3. The number of aromatic nitrogens is 2. The molecule has 0 atom stereocenters. The minimum atomic E-state index is 0.696. The lowest BCUT2D eigenvalue weighted by atomic mass is 10.1. The molecule has 4 aromatic rings. The highest BCUT2D eigenvalue weighted by Crippen LogP contribution is 2.24. The third kappa shape index (κ3) is 1.98. The Morgan fingerprint density at radius 3 is 2.85 bits per heavy atom. The van der Waals surface area contributed by atoms with Gasteiger partial charge in [-0.3, -0.25) is 0 Å². The van der Waals surface area contributed by atoms with Gasteiger partial charge in [0.15, 0.2) is 11.5 Å². The van der Waals surface area contributed by atoms with E-state index in [9.17, 15) is 0 Å². The molecule has 98 valence electrons. The Balaban J connectivity index is 1.72. The van der Waals surface area contributed by atoms with Crippen LogP contribution in [0.2, 0.25) is 0 Å². The highest BCUT2D eigenvalue weighted by Gasteiger charge is 2.07. The topological polar surface area (TPSA) is 38.9 Å². The number of thiazole rings is 1. The van der Waals surface area contributed by atoms with Gasteiger partial charge in [0.05, 0.1) is 15.2 Å². The Hall–Kier alpha value is -2.20. The second-order valence-corrected chi connectivity index (χ2v) is 6.02. The van der Waals surface area contributed by atoms with E-state index in [1.165, 1.54) is 10.3 Å². The molecule has 0 fully saturated rings. The second kappa shape index (κ2) is 4.42. The summed E-state index contributed by atoms with van der Waals surface area (Å²) >= 11 is 1.72. The Labute approximate surface area is 119 Å². The molecule has 0 N–H and O–H groups in total. The fourth-order valence-corrected chi connectivity index (χ4v) is 3.18. The zero-order valence-electron chi connectivity index (χ0n) is 11.0. The molecular weight excluding hydrogens is 268 g/mol. The number of para-hydroxylation sites is 2. The summed E-state index contributed by atoms with van der Waals surface area (Å²) in [5.41, 5.74) is 3.98. The van der Waals surface area contributed by atoms with Crippen LogP contribution in [0.4, 0.5) is 0 Å². The summed E-state index contributed by atoms with van der Waals surface area (Å²) in [6, 6.07) is 14.2. The molecule has 0 saturated carbocycles. The largest absolute Gasteiger partial charge is 0.440 e. The molecule has 2 aromatic heterocycles. The molecule has 4 rings (SSSR count). The smallest absolute Gasteiger partial charge is 0.199 e. The first-order valence-electron chi connectivity index (χ1n) is 6.48. The minimum Gasteiger partial charge on any atom is -0.440 e. The Kier molecular flexibility index (Phi) is 2.57. The number of rotatable bonds is 2. The fraction of sp³-hybridized carbons (Fsp3) is 0.125. The van der Waals surface area contributed by atoms with Gasteiger partial charge in [0.1, 0.15) is 5.52 Å². The summed E-state index contributed by atoms with van der Waals surface area (Å²) in [7, 11) is 0. The number of oxazole rings is 1. The van der Waals surface area contributed by atoms with Crippen LogP contribution < -0.4 is 0 Å². The zero-order chi connectivity index (χ0) is 13.5. The SMILES string of the molecule is Cc1nc2cc(Cc3nc4ccccc4o3)ccc2s1. The number of hydrogen-bond acceptors (Lipinski definition) is 4. The van der Waals surface area contributed by atoms with Gasteiger partial charge in [-0.15, -0.1) is 11.3 Å². The number of hydrogen-bond donors (Lipinski definition) is 0. The molecule has 4 heteroatoms. The summed E-state index contributed by atoms with van der Waals surface area (Å²) in [4.78, 5) is 9.03. The van der Waals surface area contributed by atoms with Crippen LogP contribution in [0.1, 0.15) is 16.5 Å². The van der Waals surface area contributed by atoms with Crippen molar-refractivity contribution in [3.63, 3.8) is 0 Å². The molecular formula is C16H12N2OS. The van der Waals surface area contributed by atoms with E-state index >= 15 is 0 Å². The van der Waals surface area contributed by atoms with Crippen LogP contribution >= 0.6 is 11.3 Å². The third-order valence-corrected chi connectivity index (χ3v) is 4.20.